The number of hydrogen-bond acceptors (Lipinski definition) is 5. The van der Waals surface area contributed by atoms with Gasteiger partial charge in [-0.05, 0) is 38.0 Å². The lowest BCUT2D eigenvalue weighted by Crippen LogP contribution is -2.54. The SMILES string of the molecule is C=C/C=C(\C=C/C)c1cn2ccc(N3CC4CCC(C3)N4c3ccncc3)nc2n1. The molecule has 6 nitrogen and oxygen atoms in total. The van der Waals surface area contributed by atoms with Crippen LogP contribution in [0, 0.1) is 0 Å². The number of nitrogens with zero attached hydrogens (tertiary/aromatic N) is 6. The van der Waals surface area contributed by atoms with Gasteiger partial charge in [-0.2, -0.15) is 4.98 Å². The fraction of sp³-hybridized carbons (Fsp3) is 0.292. The number of imidazole rings is 1. The Morgan fingerprint density at radius 3 is 2.57 bits per heavy atom. The predicted octanol–water partition coefficient (Wildman–Crippen LogP) is 4.13. The van der Waals surface area contributed by atoms with Gasteiger partial charge in [0.15, 0.2) is 0 Å². The number of piperazine rings is 1. The molecule has 2 aliphatic rings. The molecule has 0 N–H and O–H groups in total. The van der Waals surface area contributed by atoms with E-state index in [2.05, 4.69) is 45.8 Å². The molecule has 2 saturated heterocycles. The topological polar surface area (TPSA) is 49.6 Å². The summed E-state index contributed by atoms with van der Waals surface area (Å²) in [5.41, 5.74) is 3.22. The first kappa shape index (κ1) is 18.6. The van der Waals surface area contributed by atoms with Crippen LogP contribution < -0.4 is 9.80 Å². The number of hydrogen-bond donors (Lipinski definition) is 0. The fourth-order valence-electron chi connectivity index (χ4n) is 4.74. The number of anilines is 2. The second-order valence-corrected chi connectivity index (χ2v) is 7.88. The lowest BCUT2D eigenvalue weighted by molar-refractivity contribution is 0.531. The quantitative estimate of drug-likeness (QED) is 0.605. The summed E-state index contributed by atoms with van der Waals surface area (Å²) in [5.74, 6) is 1.73. The van der Waals surface area contributed by atoms with Gasteiger partial charge in [0.2, 0.25) is 5.78 Å². The third kappa shape index (κ3) is 3.28. The standard InChI is InChI=1S/C24H26N6/c1-3-5-18(6-4-2)22-17-28-14-11-23(27-24(28)26-22)29-15-20-7-8-21(16-29)30(20)19-9-12-25-13-10-19/h3-6,9-14,17,20-21H,1,7-8,15-16H2,2H3/b6-4-,18-5+. The molecular formula is C24H26N6. The van der Waals surface area contributed by atoms with Gasteiger partial charge in [0, 0.05) is 61.2 Å². The average Bonchev–Trinajstić information content (AvgIpc) is 3.31. The monoisotopic (exact) mass is 398 g/mol. The van der Waals surface area contributed by atoms with Gasteiger partial charge in [0.05, 0.1) is 5.69 Å². The van der Waals surface area contributed by atoms with Gasteiger partial charge in [-0.15, -0.1) is 0 Å². The first-order valence-electron chi connectivity index (χ1n) is 10.5. The van der Waals surface area contributed by atoms with Crippen LogP contribution in [-0.2, 0) is 0 Å². The molecular weight excluding hydrogens is 372 g/mol. The highest BCUT2D eigenvalue weighted by molar-refractivity contribution is 5.73. The maximum absolute atomic E-state index is 4.89. The van der Waals surface area contributed by atoms with E-state index < -0.39 is 0 Å². The molecule has 0 aromatic carbocycles. The lowest BCUT2D eigenvalue weighted by atomic mass is 10.1. The Morgan fingerprint density at radius 1 is 1.10 bits per heavy atom. The summed E-state index contributed by atoms with van der Waals surface area (Å²) in [6, 6.07) is 7.37. The second kappa shape index (κ2) is 7.78. The van der Waals surface area contributed by atoms with Crippen molar-refractivity contribution in [3.8, 4) is 0 Å². The Balaban J connectivity index is 1.41. The molecule has 0 amide bonds. The normalized spacial score (nSPS) is 21.7. The third-order valence-corrected chi connectivity index (χ3v) is 6.02. The largest absolute Gasteiger partial charge is 0.362 e. The van der Waals surface area contributed by atoms with E-state index in [1.165, 1.54) is 18.5 Å². The first-order valence-corrected chi connectivity index (χ1v) is 10.5. The van der Waals surface area contributed by atoms with Gasteiger partial charge in [-0.25, -0.2) is 4.98 Å². The Bertz CT molecular complexity index is 1100. The van der Waals surface area contributed by atoms with Crippen molar-refractivity contribution in [2.24, 2.45) is 0 Å². The molecule has 0 spiro atoms. The minimum Gasteiger partial charge on any atom is -0.362 e. The zero-order valence-electron chi connectivity index (χ0n) is 17.2. The molecule has 5 rings (SSSR count). The summed E-state index contributed by atoms with van der Waals surface area (Å²) in [4.78, 5) is 18.8. The van der Waals surface area contributed by atoms with Crippen molar-refractivity contribution in [1.82, 2.24) is 19.4 Å². The highest BCUT2D eigenvalue weighted by Gasteiger charge is 2.40. The van der Waals surface area contributed by atoms with Gasteiger partial charge in [0.1, 0.15) is 5.82 Å². The number of rotatable bonds is 5. The highest BCUT2D eigenvalue weighted by atomic mass is 15.3. The fourth-order valence-corrected chi connectivity index (χ4v) is 4.74. The molecule has 5 heterocycles. The molecule has 3 aromatic rings. The Labute approximate surface area is 176 Å². The number of allylic oxidation sites excluding steroid dienone is 5. The smallest absolute Gasteiger partial charge is 0.236 e. The lowest BCUT2D eigenvalue weighted by Gasteiger charge is -2.42. The van der Waals surface area contributed by atoms with Crippen LogP contribution in [0.15, 0.2) is 73.9 Å². The molecule has 6 heteroatoms. The summed E-state index contributed by atoms with van der Waals surface area (Å²) < 4.78 is 1.99. The maximum Gasteiger partial charge on any atom is 0.236 e. The molecule has 30 heavy (non-hydrogen) atoms. The molecule has 3 aromatic heterocycles. The van der Waals surface area contributed by atoms with Gasteiger partial charge in [-0.3, -0.25) is 9.38 Å². The van der Waals surface area contributed by atoms with Crippen molar-refractivity contribution >= 4 is 22.9 Å². The number of fused-ring (bicyclic) bond motifs is 3. The van der Waals surface area contributed by atoms with E-state index in [1.54, 1.807) is 6.08 Å². The van der Waals surface area contributed by atoms with Crippen LogP contribution in [-0.4, -0.2) is 44.5 Å². The zero-order valence-corrected chi connectivity index (χ0v) is 17.2. The van der Waals surface area contributed by atoms with Crippen LogP contribution in [0.4, 0.5) is 11.5 Å². The van der Waals surface area contributed by atoms with E-state index in [0.717, 1.165) is 36.0 Å². The molecule has 2 unspecified atom stereocenters. The predicted molar refractivity (Wildman–Crippen MR) is 122 cm³/mol. The zero-order chi connectivity index (χ0) is 20.5. The van der Waals surface area contributed by atoms with Gasteiger partial charge in [-0.1, -0.05) is 30.9 Å². The second-order valence-electron chi connectivity index (χ2n) is 7.88. The third-order valence-electron chi connectivity index (χ3n) is 6.02. The van der Waals surface area contributed by atoms with Crippen LogP contribution in [0.25, 0.3) is 11.4 Å². The highest BCUT2D eigenvalue weighted by Crippen LogP contribution is 2.35. The van der Waals surface area contributed by atoms with E-state index in [-0.39, 0.29) is 0 Å². The van der Waals surface area contributed by atoms with E-state index >= 15 is 0 Å². The average molecular weight is 399 g/mol. The van der Waals surface area contributed by atoms with E-state index in [4.69, 9.17) is 9.97 Å². The molecule has 2 atom stereocenters. The number of pyridine rings is 1. The van der Waals surface area contributed by atoms with Crippen LogP contribution in [0.5, 0.6) is 0 Å². The van der Waals surface area contributed by atoms with Gasteiger partial charge in [0.25, 0.3) is 0 Å². The number of aromatic nitrogens is 4. The van der Waals surface area contributed by atoms with Gasteiger partial charge < -0.3 is 9.80 Å². The Hall–Kier alpha value is -3.41. The summed E-state index contributed by atoms with van der Waals surface area (Å²) in [6.45, 7) is 7.78. The molecule has 0 saturated carbocycles. The molecule has 0 aliphatic carbocycles. The van der Waals surface area contributed by atoms with E-state index in [1.807, 2.05) is 48.1 Å². The van der Waals surface area contributed by atoms with Gasteiger partial charge >= 0.3 is 0 Å². The summed E-state index contributed by atoms with van der Waals surface area (Å²) in [6.07, 6.45) is 18.1. The van der Waals surface area contributed by atoms with Crippen molar-refractivity contribution in [3.63, 3.8) is 0 Å². The molecule has 2 aliphatic heterocycles. The van der Waals surface area contributed by atoms with Crippen molar-refractivity contribution in [3.05, 3.63) is 79.6 Å². The Kier molecular flexibility index (Phi) is 4.83. The maximum atomic E-state index is 4.89. The molecule has 2 bridgehead atoms. The van der Waals surface area contributed by atoms with Crippen molar-refractivity contribution in [2.45, 2.75) is 31.8 Å². The minimum absolute atomic E-state index is 0.510. The molecule has 0 radical (unpaired) electrons. The Morgan fingerprint density at radius 2 is 1.87 bits per heavy atom. The van der Waals surface area contributed by atoms with E-state index in [9.17, 15) is 0 Å². The molecule has 152 valence electrons. The summed E-state index contributed by atoms with van der Waals surface area (Å²) in [5, 5.41) is 0. The van der Waals surface area contributed by atoms with Crippen molar-refractivity contribution in [1.29, 1.82) is 0 Å². The van der Waals surface area contributed by atoms with Crippen LogP contribution >= 0.6 is 0 Å². The molecule has 2 fully saturated rings. The minimum atomic E-state index is 0.510. The summed E-state index contributed by atoms with van der Waals surface area (Å²) in [7, 11) is 0. The van der Waals surface area contributed by atoms with Crippen LogP contribution in [0.1, 0.15) is 25.5 Å². The van der Waals surface area contributed by atoms with Crippen LogP contribution in [0.3, 0.4) is 0 Å². The van der Waals surface area contributed by atoms with Crippen molar-refractivity contribution < 1.29 is 0 Å². The summed E-state index contributed by atoms with van der Waals surface area (Å²) >= 11 is 0. The van der Waals surface area contributed by atoms with E-state index in [0.29, 0.717) is 12.1 Å². The van der Waals surface area contributed by atoms with Crippen LogP contribution in [0.2, 0.25) is 0 Å². The van der Waals surface area contributed by atoms with Crippen molar-refractivity contribution in [2.75, 3.05) is 22.9 Å². The first-order chi connectivity index (χ1) is 14.8.